The molecule has 2 aromatic rings. The Labute approximate surface area is 134 Å². The number of carbonyl (C=O) groups excluding carboxylic acids is 1. The highest BCUT2D eigenvalue weighted by molar-refractivity contribution is 7.99. The van der Waals surface area contributed by atoms with E-state index in [0.717, 1.165) is 11.3 Å². The van der Waals surface area contributed by atoms with Crippen molar-refractivity contribution in [1.29, 1.82) is 0 Å². The van der Waals surface area contributed by atoms with Gasteiger partial charge in [0.15, 0.2) is 5.16 Å². The number of amides is 1. The maximum atomic E-state index is 12.0. The first-order valence-corrected chi connectivity index (χ1v) is 8.11. The van der Waals surface area contributed by atoms with Crippen LogP contribution in [0.2, 0.25) is 0 Å². The molecule has 1 aromatic carbocycles. The van der Waals surface area contributed by atoms with E-state index in [1.165, 1.54) is 11.8 Å². The second-order valence-corrected chi connectivity index (χ2v) is 6.08. The number of aromatic nitrogens is 2. The smallest absolute Gasteiger partial charge is 0.221 e. The highest BCUT2D eigenvalue weighted by Crippen LogP contribution is 2.16. The lowest BCUT2D eigenvalue weighted by Gasteiger charge is -2.14. The second-order valence-electron chi connectivity index (χ2n) is 5.02. The van der Waals surface area contributed by atoms with Crippen LogP contribution in [0.15, 0.2) is 41.6 Å². The largest absolute Gasteiger partial charge is 0.384 e. The summed E-state index contributed by atoms with van der Waals surface area (Å²) in [6.45, 7) is 3.85. The van der Waals surface area contributed by atoms with Crippen molar-refractivity contribution < 1.29 is 4.79 Å². The lowest BCUT2D eigenvalue weighted by molar-refractivity contribution is -0.121. The third-order valence-electron chi connectivity index (χ3n) is 3.09. The average molecular weight is 316 g/mol. The summed E-state index contributed by atoms with van der Waals surface area (Å²) in [5.74, 6) is 1.09. The van der Waals surface area contributed by atoms with Crippen LogP contribution in [-0.2, 0) is 4.79 Å². The van der Waals surface area contributed by atoms with Crippen molar-refractivity contribution in [2.45, 2.75) is 31.5 Å². The van der Waals surface area contributed by atoms with E-state index in [-0.39, 0.29) is 11.9 Å². The van der Waals surface area contributed by atoms with E-state index < -0.39 is 0 Å². The molecule has 0 aliphatic carbocycles. The Kier molecular flexibility index (Phi) is 5.77. The first kappa shape index (κ1) is 16.3. The fraction of sp³-hybridized carbons (Fsp3) is 0.312. The zero-order valence-electron chi connectivity index (χ0n) is 12.7. The molecular formula is C16H20N4OS. The number of benzene rings is 1. The summed E-state index contributed by atoms with van der Waals surface area (Å²) in [7, 11) is 0. The highest BCUT2D eigenvalue weighted by Gasteiger charge is 2.09. The van der Waals surface area contributed by atoms with Crippen LogP contribution < -0.4 is 11.1 Å². The molecule has 1 aromatic heterocycles. The summed E-state index contributed by atoms with van der Waals surface area (Å²) in [6, 6.07) is 11.6. The fourth-order valence-electron chi connectivity index (χ4n) is 2.00. The molecule has 0 saturated heterocycles. The van der Waals surface area contributed by atoms with Crippen molar-refractivity contribution in [3.63, 3.8) is 0 Å². The Hall–Kier alpha value is -2.08. The van der Waals surface area contributed by atoms with E-state index in [2.05, 4.69) is 15.3 Å². The van der Waals surface area contributed by atoms with Crippen LogP contribution in [0, 0.1) is 6.92 Å². The van der Waals surface area contributed by atoms with Crippen molar-refractivity contribution in [3.05, 3.63) is 47.7 Å². The number of hydrogen-bond donors (Lipinski definition) is 2. The van der Waals surface area contributed by atoms with Gasteiger partial charge in [-0.3, -0.25) is 4.79 Å². The summed E-state index contributed by atoms with van der Waals surface area (Å²) in [4.78, 5) is 20.4. The van der Waals surface area contributed by atoms with Crippen LogP contribution in [0.5, 0.6) is 0 Å². The van der Waals surface area contributed by atoms with Gasteiger partial charge in [-0.25, -0.2) is 9.97 Å². The van der Waals surface area contributed by atoms with Gasteiger partial charge >= 0.3 is 0 Å². The lowest BCUT2D eigenvalue weighted by atomic mass is 10.1. The summed E-state index contributed by atoms with van der Waals surface area (Å²) < 4.78 is 0. The minimum Gasteiger partial charge on any atom is -0.384 e. The quantitative estimate of drug-likeness (QED) is 0.632. The standard InChI is InChI=1S/C16H20N4OS/c1-11-10-14(17)20-16(18-11)22-9-8-15(21)19-12(2)13-6-4-3-5-7-13/h3-7,10,12H,8-9H2,1-2H3,(H,19,21)(H2,17,18,20)/t12-/m0/s1. The second kappa shape index (κ2) is 7.79. The highest BCUT2D eigenvalue weighted by atomic mass is 32.2. The van der Waals surface area contributed by atoms with E-state index >= 15 is 0 Å². The molecule has 3 N–H and O–H groups in total. The van der Waals surface area contributed by atoms with Gasteiger partial charge < -0.3 is 11.1 Å². The maximum absolute atomic E-state index is 12.0. The van der Waals surface area contributed by atoms with Gasteiger partial charge in [0.1, 0.15) is 5.82 Å². The number of rotatable bonds is 6. The van der Waals surface area contributed by atoms with Crippen LogP contribution in [0.3, 0.4) is 0 Å². The Morgan fingerprint density at radius 2 is 2.05 bits per heavy atom. The molecule has 116 valence electrons. The molecule has 0 saturated carbocycles. The molecule has 1 amide bonds. The molecule has 6 heteroatoms. The van der Waals surface area contributed by atoms with Gasteiger partial charge in [0.2, 0.25) is 5.91 Å². The van der Waals surface area contributed by atoms with Gasteiger partial charge in [0.05, 0.1) is 6.04 Å². The average Bonchev–Trinajstić information content (AvgIpc) is 2.47. The minimum atomic E-state index is 0.00423. The SMILES string of the molecule is Cc1cc(N)nc(SCCC(=O)N[C@@H](C)c2ccccc2)n1. The zero-order chi connectivity index (χ0) is 15.9. The predicted molar refractivity (Wildman–Crippen MR) is 89.5 cm³/mol. The Morgan fingerprint density at radius 3 is 2.73 bits per heavy atom. The number of thioether (sulfide) groups is 1. The molecular weight excluding hydrogens is 296 g/mol. The molecule has 0 unspecified atom stereocenters. The Morgan fingerprint density at radius 1 is 1.32 bits per heavy atom. The first-order chi connectivity index (χ1) is 10.5. The van der Waals surface area contributed by atoms with Crippen molar-refractivity contribution in [2.75, 3.05) is 11.5 Å². The topological polar surface area (TPSA) is 80.9 Å². The van der Waals surface area contributed by atoms with E-state index in [1.54, 1.807) is 6.07 Å². The number of hydrogen-bond acceptors (Lipinski definition) is 5. The van der Waals surface area contributed by atoms with E-state index in [0.29, 0.717) is 23.1 Å². The van der Waals surface area contributed by atoms with Crippen LogP contribution in [0.1, 0.15) is 30.6 Å². The lowest BCUT2D eigenvalue weighted by Crippen LogP contribution is -2.26. The van der Waals surface area contributed by atoms with E-state index in [9.17, 15) is 4.79 Å². The van der Waals surface area contributed by atoms with Gasteiger partial charge in [-0.15, -0.1) is 0 Å². The van der Waals surface area contributed by atoms with Crippen LogP contribution >= 0.6 is 11.8 Å². The zero-order valence-corrected chi connectivity index (χ0v) is 13.6. The third kappa shape index (κ3) is 5.04. The summed E-state index contributed by atoms with van der Waals surface area (Å²) in [6.07, 6.45) is 0.416. The van der Waals surface area contributed by atoms with Crippen molar-refractivity contribution in [3.8, 4) is 0 Å². The van der Waals surface area contributed by atoms with Crippen molar-refractivity contribution in [2.24, 2.45) is 0 Å². The number of nitrogens with two attached hydrogens (primary N) is 1. The molecule has 5 nitrogen and oxygen atoms in total. The van der Waals surface area contributed by atoms with Gasteiger partial charge in [0, 0.05) is 23.9 Å². The van der Waals surface area contributed by atoms with Crippen LogP contribution in [0.4, 0.5) is 5.82 Å². The monoisotopic (exact) mass is 316 g/mol. The molecule has 0 bridgehead atoms. The van der Waals surface area contributed by atoms with E-state index in [4.69, 9.17) is 5.73 Å². The molecule has 22 heavy (non-hydrogen) atoms. The number of carbonyl (C=O) groups is 1. The Balaban J connectivity index is 1.78. The number of anilines is 1. The number of nitrogen functional groups attached to an aromatic ring is 1. The fourth-order valence-corrected chi connectivity index (χ4v) is 2.85. The molecule has 0 radical (unpaired) electrons. The molecule has 0 aliphatic rings. The van der Waals surface area contributed by atoms with Gasteiger partial charge in [0.25, 0.3) is 0 Å². The van der Waals surface area contributed by atoms with Crippen LogP contribution in [-0.4, -0.2) is 21.6 Å². The van der Waals surface area contributed by atoms with Crippen molar-refractivity contribution >= 4 is 23.5 Å². The predicted octanol–water partition coefficient (Wildman–Crippen LogP) is 2.73. The summed E-state index contributed by atoms with van der Waals surface area (Å²) in [5.41, 5.74) is 7.60. The van der Waals surface area contributed by atoms with Gasteiger partial charge in [-0.1, -0.05) is 42.1 Å². The molecule has 2 rings (SSSR count). The summed E-state index contributed by atoms with van der Waals surface area (Å²) >= 11 is 1.44. The number of aryl methyl sites for hydroxylation is 1. The van der Waals surface area contributed by atoms with E-state index in [1.807, 2.05) is 44.2 Å². The van der Waals surface area contributed by atoms with Crippen LogP contribution in [0.25, 0.3) is 0 Å². The van der Waals surface area contributed by atoms with Gasteiger partial charge in [-0.05, 0) is 19.4 Å². The molecule has 0 fully saturated rings. The maximum Gasteiger partial charge on any atom is 0.221 e. The first-order valence-electron chi connectivity index (χ1n) is 7.13. The molecule has 1 heterocycles. The van der Waals surface area contributed by atoms with Gasteiger partial charge in [-0.2, -0.15) is 0 Å². The molecule has 1 atom stereocenters. The minimum absolute atomic E-state index is 0.00423. The number of nitrogens with one attached hydrogen (secondary N) is 1. The van der Waals surface area contributed by atoms with Crippen molar-refractivity contribution in [1.82, 2.24) is 15.3 Å². The number of nitrogens with zero attached hydrogens (tertiary/aromatic N) is 2. The molecule has 0 aliphatic heterocycles. The Bertz CT molecular complexity index is 613. The normalized spacial score (nSPS) is 11.9. The molecule has 0 spiro atoms. The third-order valence-corrected chi connectivity index (χ3v) is 3.94. The summed E-state index contributed by atoms with van der Waals surface area (Å²) in [5, 5.41) is 3.60.